The zero-order valence-electron chi connectivity index (χ0n) is 10.2. The van der Waals surface area contributed by atoms with Gasteiger partial charge in [-0.2, -0.15) is 0 Å². The van der Waals surface area contributed by atoms with Gasteiger partial charge in [0.25, 0.3) is 0 Å². The third-order valence-electron chi connectivity index (χ3n) is 2.69. The number of rotatable bonds is 4. The first-order chi connectivity index (χ1) is 9.47. The van der Waals surface area contributed by atoms with E-state index in [0.717, 1.165) is 0 Å². The lowest BCUT2D eigenvalue weighted by Gasteiger charge is -2.18. The van der Waals surface area contributed by atoms with Crippen molar-refractivity contribution in [3.8, 4) is 0 Å². The topological polar surface area (TPSA) is 55.1 Å². The Bertz CT molecular complexity index is 649. The third-order valence-corrected chi connectivity index (χ3v) is 3.38. The second-order valence-electron chi connectivity index (χ2n) is 4.16. The number of hydrogen-bond acceptors (Lipinski definition) is 2. The molecule has 3 nitrogen and oxygen atoms in total. The highest BCUT2D eigenvalue weighted by Crippen LogP contribution is 2.27. The van der Waals surface area contributed by atoms with Gasteiger partial charge in [-0.1, -0.05) is 28.1 Å². The molecular weight excluding hydrogens is 330 g/mol. The number of amides is 1. The van der Waals surface area contributed by atoms with Gasteiger partial charge < -0.3 is 11.1 Å². The molecule has 2 aromatic rings. The number of nitrogens with one attached hydrogen (secondary N) is 1. The second-order valence-corrected chi connectivity index (χ2v) is 5.01. The van der Waals surface area contributed by atoms with Gasteiger partial charge in [0, 0.05) is 10.2 Å². The minimum absolute atomic E-state index is 0.407. The smallest absolute Gasteiger partial charge is 0.244 e. The fourth-order valence-electron chi connectivity index (χ4n) is 1.78. The molecule has 2 aromatic carbocycles. The molecule has 0 bridgehead atoms. The molecule has 1 unspecified atom stereocenters. The van der Waals surface area contributed by atoms with E-state index < -0.39 is 23.6 Å². The van der Waals surface area contributed by atoms with Crippen LogP contribution in [0.2, 0.25) is 0 Å². The van der Waals surface area contributed by atoms with Crippen LogP contribution in [0.3, 0.4) is 0 Å². The largest absolute Gasteiger partial charge is 0.370 e. The molecule has 104 valence electrons. The summed E-state index contributed by atoms with van der Waals surface area (Å²) in [5.41, 5.74) is 6.23. The number of hydrogen-bond donors (Lipinski definition) is 2. The normalized spacial score (nSPS) is 11.9. The summed E-state index contributed by atoms with van der Waals surface area (Å²) in [7, 11) is 0. The molecular formula is C14H11BrF2N2O. The van der Waals surface area contributed by atoms with E-state index in [-0.39, 0.29) is 0 Å². The van der Waals surface area contributed by atoms with Gasteiger partial charge in [-0.15, -0.1) is 0 Å². The van der Waals surface area contributed by atoms with Crippen LogP contribution in [0.4, 0.5) is 14.5 Å². The van der Waals surface area contributed by atoms with Crippen molar-refractivity contribution < 1.29 is 13.6 Å². The fourth-order valence-corrected chi connectivity index (χ4v) is 2.36. The van der Waals surface area contributed by atoms with Gasteiger partial charge in [0.2, 0.25) is 5.91 Å². The van der Waals surface area contributed by atoms with Crippen LogP contribution in [-0.2, 0) is 4.79 Å². The lowest BCUT2D eigenvalue weighted by molar-refractivity contribution is -0.118. The van der Waals surface area contributed by atoms with Crippen LogP contribution >= 0.6 is 15.9 Å². The Kier molecular flexibility index (Phi) is 4.34. The molecule has 0 fully saturated rings. The van der Waals surface area contributed by atoms with Crippen molar-refractivity contribution in [1.29, 1.82) is 0 Å². The average molecular weight is 341 g/mol. The summed E-state index contributed by atoms with van der Waals surface area (Å²) in [4.78, 5) is 11.6. The van der Waals surface area contributed by atoms with Gasteiger partial charge in [0.05, 0.1) is 0 Å². The molecule has 20 heavy (non-hydrogen) atoms. The Morgan fingerprint density at radius 3 is 2.45 bits per heavy atom. The van der Waals surface area contributed by atoms with Crippen LogP contribution in [0.25, 0.3) is 0 Å². The molecule has 0 aliphatic rings. The maximum atomic E-state index is 13.1. The summed E-state index contributed by atoms with van der Waals surface area (Å²) >= 11 is 3.18. The molecule has 0 heterocycles. The molecule has 3 N–H and O–H groups in total. The molecule has 0 aromatic heterocycles. The number of benzene rings is 2. The highest BCUT2D eigenvalue weighted by molar-refractivity contribution is 9.10. The molecule has 0 saturated carbocycles. The second kappa shape index (κ2) is 6.00. The summed E-state index contributed by atoms with van der Waals surface area (Å²) in [5, 5.41) is 2.83. The highest BCUT2D eigenvalue weighted by Gasteiger charge is 2.20. The first kappa shape index (κ1) is 14.5. The predicted molar refractivity (Wildman–Crippen MR) is 76.1 cm³/mol. The predicted octanol–water partition coefficient (Wildman–Crippen LogP) is 3.37. The van der Waals surface area contributed by atoms with Gasteiger partial charge in [-0.05, 0) is 35.9 Å². The van der Waals surface area contributed by atoms with E-state index in [9.17, 15) is 13.6 Å². The Morgan fingerprint density at radius 1 is 1.15 bits per heavy atom. The van der Waals surface area contributed by atoms with E-state index >= 15 is 0 Å². The molecule has 6 heteroatoms. The fraction of sp³-hybridized carbons (Fsp3) is 0.0714. The molecule has 2 rings (SSSR count). The van der Waals surface area contributed by atoms with E-state index in [2.05, 4.69) is 21.2 Å². The summed E-state index contributed by atoms with van der Waals surface area (Å²) < 4.78 is 26.6. The summed E-state index contributed by atoms with van der Waals surface area (Å²) in [6.45, 7) is 0. The van der Waals surface area contributed by atoms with Crippen molar-refractivity contribution in [2.75, 3.05) is 5.32 Å². The number of halogens is 3. The maximum Gasteiger partial charge on any atom is 0.244 e. The Hall–Kier alpha value is -1.95. The van der Waals surface area contributed by atoms with E-state index in [4.69, 9.17) is 5.73 Å². The number of carbonyl (C=O) groups excluding carboxylic acids is 1. The third kappa shape index (κ3) is 3.33. The number of carbonyl (C=O) groups is 1. The first-order valence-corrected chi connectivity index (χ1v) is 6.53. The Balaban J connectivity index is 2.34. The quantitative estimate of drug-likeness (QED) is 0.896. The molecule has 0 saturated heterocycles. The standard InChI is InChI=1S/C14H11BrF2N2O/c15-12-7-9(17)4-5-11(12)13(14(18)20)19-10-3-1-2-8(16)6-10/h1-7,13,19H,(H2,18,20). The van der Waals surface area contributed by atoms with Crippen LogP contribution in [0, 0.1) is 11.6 Å². The van der Waals surface area contributed by atoms with Gasteiger partial charge in [-0.3, -0.25) is 4.79 Å². The van der Waals surface area contributed by atoms with Crippen molar-refractivity contribution >= 4 is 27.5 Å². The molecule has 1 amide bonds. The lowest BCUT2D eigenvalue weighted by Crippen LogP contribution is -2.28. The van der Waals surface area contributed by atoms with E-state index in [1.807, 2.05) is 0 Å². The van der Waals surface area contributed by atoms with Crippen LogP contribution < -0.4 is 11.1 Å². The first-order valence-electron chi connectivity index (χ1n) is 5.74. The van der Waals surface area contributed by atoms with Crippen molar-refractivity contribution in [2.24, 2.45) is 5.73 Å². The Labute approximate surface area is 122 Å². The summed E-state index contributed by atoms with van der Waals surface area (Å²) in [6, 6.07) is 8.66. The zero-order chi connectivity index (χ0) is 14.7. The van der Waals surface area contributed by atoms with E-state index in [1.54, 1.807) is 6.07 Å². The maximum absolute atomic E-state index is 13.1. The summed E-state index contributed by atoms with van der Waals surface area (Å²) in [6.07, 6.45) is 0. The molecule has 0 spiro atoms. The molecule has 1 atom stereocenters. The van der Waals surface area contributed by atoms with Crippen molar-refractivity contribution in [3.05, 3.63) is 64.1 Å². The minimum Gasteiger partial charge on any atom is -0.370 e. The van der Waals surface area contributed by atoms with Crippen LogP contribution in [0.1, 0.15) is 11.6 Å². The van der Waals surface area contributed by atoms with Crippen molar-refractivity contribution in [3.63, 3.8) is 0 Å². The Morgan fingerprint density at radius 2 is 1.85 bits per heavy atom. The van der Waals surface area contributed by atoms with Gasteiger partial charge in [-0.25, -0.2) is 8.78 Å². The van der Waals surface area contributed by atoms with E-state index in [0.29, 0.717) is 15.7 Å². The number of nitrogens with two attached hydrogens (primary N) is 1. The van der Waals surface area contributed by atoms with Crippen LogP contribution in [-0.4, -0.2) is 5.91 Å². The van der Waals surface area contributed by atoms with Gasteiger partial charge >= 0.3 is 0 Å². The average Bonchev–Trinajstić information content (AvgIpc) is 2.36. The van der Waals surface area contributed by atoms with Gasteiger partial charge in [0.15, 0.2) is 0 Å². The lowest BCUT2D eigenvalue weighted by atomic mass is 10.1. The zero-order valence-corrected chi connectivity index (χ0v) is 11.8. The van der Waals surface area contributed by atoms with Crippen molar-refractivity contribution in [1.82, 2.24) is 0 Å². The van der Waals surface area contributed by atoms with Gasteiger partial charge in [0.1, 0.15) is 17.7 Å². The van der Waals surface area contributed by atoms with E-state index in [1.165, 1.54) is 36.4 Å². The van der Waals surface area contributed by atoms with Crippen LogP contribution in [0.5, 0.6) is 0 Å². The SMILES string of the molecule is NC(=O)C(Nc1cccc(F)c1)c1ccc(F)cc1Br. The van der Waals surface area contributed by atoms with Crippen LogP contribution in [0.15, 0.2) is 46.9 Å². The number of primary amides is 1. The summed E-state index contributed by atoms with van der Waals surface area (Å²) in [5.74, 6) is -1.52. The number of anilines is 1. The monoisotopic (exact) mass is 340 g/mol. The van der Waals surface area contributed by atoms with Crippen molar-refractivity contribution in [2.45, 2.75) is 6.04 Å². The highest BCUT2D eigenvalue weighted by atomic mass is 79.9. The minimum atomic E-state index is -0.897. The molecule has 0 radical (unpaired) electrons. The molecule has 0 aliphatic heterocycles. The molecule has 0 aliphatic carbocycles.